The summed E-state index contributed by atoms with van der Waals surface area (Å²) < 4.78 is 11.6. The van der Waals surface area contributed by atoms with Crippen LogP contribution in [0.15, 0.2) is 18.2 Å². The normalized spacial score (nSPS) is 23.1. The van der Waals surface area contributed by atoms with E-state index >= 15 is 0 Å². The van der Waals surface area contributed by atoms with E-state index in [1.165, 1.54) is 0 Å². The Hall–Kier alpha value is -1.26. The molecule has 1 saturated carbocycles. The maximum absolute atomic E-state index is 10.0. The van der Waals surface area contributed by atoms with Crippen molar-refractivity contribution in [2.75, 3.05) is 6.61 Å². The predicted octanol–water partition coefficient (Wildman–Crippen LogP) is 2.23. The van der Waals surface area contributed by atoms with Crippen molar-refractivity contribution in [2.24, 2.45) is 5.73 Å². The molecule has 0 aromatic heterocycles. The molecule has 4 heteroatoms. The smallest absolute Gasteiger partial charge is 0.166 e. The molecule has 0 bridgehead atoms. The van der Waals surface area contributed by atoms with E-state index in [0.29, 0.717) is 24.7 Å². The number of aliphatic hydroxyl groups is 1. The molecular formula is C15H23NO3. The first-order valence-electron chi connectivity index (χ1n) is 7.05. The molecule has 2 rings (SSSR count). The van der Waals surface area contributed by atoms with Gasteiger partial charge in [-0.25, -0.2) is 0 Å². The molecule has 106 valence electrons. The van der Waals surface area contributed by atoms with Crippen molar-refractivity contribution in [3.63, 3.8) is 0 Å². The zero-order valence-corrected chi connectivity index (χ0v) is 11.5. The fourth-order valence-corrected chi connectivity index (χ4v) is 2.49. The third-order valence-electron chi connectivity index (χ3n) is 3.52. The first kappa shape index (κ1) is 14.2. The second kappa shape index (κ2) is 6.78. The van der Waals surface area contributed by atoms with Crippen LogP contribution in [0.4, 0.5) is 0 Å². The summed E-state index contributed by atoms with van der Waals surface area (Å²) in [6.07, 6.45) is 3.30. The van der Waals surface area contributed by atoms with Gasteiger partial charge in [-0.3, -0.25) is 0 Å². The zero-order valence-electron chi connectivity index (χ0n) is 11.5. The van der Waals surface area contributed by atoms with Gasteiger partial charge in [0, 0.05) is 12.1 Å². The monoisotopic (exact) mass is 265 g/mol. The van der Waals surface area contributed by atoms with Gasteiger partial charge in [0.2, 0.25) is 0 Å². The highest BCUT2D eigenvalue weighted by molar-refractivity contribution is 5.46. The predicted molar refractivity (Wildman–Crippen MR) is 74.4 cm³/mol. The standard InChI is InChI=1S/C15H23NO3/c1-2-18-14-9-5-6-11(10-16)15(14)19-13-8-4-3-7-12(13)17/h5-6,9,12-13,17H,2-4,7-8,10,16H2,1H3. The summed E-state index contributed by atoms with van der Waals surface area (Å²) in [6.45, 7) is 2.92. The van der Waals surface area contributed by atoms with Gasteiger partial charge in [0.15, 0.2) is 11.5 Å². The second-order valence-corrected chi connectivity index (χ2v) is 4.89. The Labute approximate surface area is 114 Å². The van der Waals surface area contributed by atoms with Gasteiger partial charge in [0.25, 0.3) is 0 Å². The van der Waals surface area contributed by atoms with Gasteiger partial charge >= 0.3 is 0 Å². The van der Waals surface area contributed by atoms with Crippen LogP contribution in [0.3, 0.4) is 0 Å². The van der Waals surface area contributed by atoms with Crippen molar-refractivity contribution in [2.45, 2.75) is 51.4 Å². The molecule has 0 heterocycles. The van der Waals surface area contributed by atoms with Crippen molar-refractivity contribution in [3.05, 3.63) is 23.8 Å². The fraction of sp³-hybridized carbons (Fsp3) is 0.600. The van der Waals surface area contributed by atoms with E-state index in [0.717, 1.165) is 31.2 Å². The summed E-state index contributed by atoms with van der Waals surface area (Å²) in [5.41, 5.74) is 6.68. The summed E-state index contributed by atoms with van der Waals surface area (Å²) >= 11 is 0. The lowest BCUT2D eigenvalue weighted by Gasteiger charge is -2.29. The third-order valence-corrected chi connectivity index (χ3v) is 3.52. The quantitative estimate of drug-likeness (QED) is 0.857. The van der Waals surface area contributed by atoms with Crippen LogP contribution in [0, 0.1) is 0 Å². The van der Waals surface area contributed by atoms with E-state index in [2.05, 4.69) is 0 Å². The number of ether oxygens (including phenoxy) is 2. The number of benzene rings is 1. The molecule has 4 nitrogen and oxygen atoms in total. The Bertz CT molecular complexity index is 408. The lowest BCUT2D eigenvalue weighted by Crippen LogP contribution is -2.35. The van der Waals surface area contributed by atoms with Crippen LogP contribution in [-0.2, 0) is 6.54 Å². The van der Waals surface area contributed by atoms with Crippen LogP contribution < -0.4 is 15.2 Å². The van der Waals surface area contributed by atoms with E-state index < -0.39 is 6.10 Å². The van der Waals surface area contributed by atoms with Gasteiger partial charge in [-0.05, 0) is 32.3 Å². The van der Waals surface area contributed by atoms with Gasteiger partial charge in [-0.15, -0.1) is 0 Å². The van der Waals surface area contributed by atoms with Gasteiger partial charge in [-0.1, -0.05) is 18.6 Å². The van der Waals surface area contributed by atoms with Crippen molar-refractivity contribution in [3.8, 4) is 11.5 Å². The van der Waals surface area contributed by atoms with E-state index in [4.69, 9.17) is 15.2 Å². The lowest BCUT2D eigenvalue weighted by atomic mass is 9.94. The van der Waals surface area contributed by atoms with E-state index in [-0.39, 0.29) is 6.10 Å². The average molecular weight is 265 g/mol. The summed E-state index contributed by atoms with van der Waals surface area (Å²) in [5.74, 6) is 1.40. The summed E-state index contributed by atoms with van der Waals surface area (Å²) in [5, 5.41) is 10.0. The Morgan fingerprint density at radius 1 is 1.32 bits per heavy atom. The molecule has 1 fully saturated rings. The summed E-state index contributed by atoms with van der Waals surface area (Å²) in [6, 6.07) is 5.73. The molecule has 0 aliphatic heterocycles. The zero-order chi connectivity index (χ0) is 13.7. The molecule has 0 saturated heterocycles. The molecule has 1 aromatic carbocycles. The van der Waals surface area contributed by atoms with Gasteiger partial charge in [0.05, 0.1) is 12.7 Å². The number of hydrogen-bond donors (Lipinski definition) is 2. The highest BCUT2D eigenvalue weighted by Crippen LogP contribution is 2.34. The highest BCUT2D eigenvalue weighted by atomic mass is 16.5. The molecule has 0 amide bonds. The van der Waals surface area contributed by atoms with Gasteiger partial charge < -0.3 is 20.3 Å². The minimum Gasteiger partial charge on any atom is -0.490 e. The second-order valence-electron chi connectivity index (χ2n) is 4.89. The van der Waals surface area contributed by atoms with E-state index in [1.807, 2.05) is 25.1 Å². The summed E-state index contributed by atoms with van der Waals surface area (Å²) in [7, 11) is 0. The molecule has 1 aromatic rings. The molecule has 1 aliphatic rings. The van der Waals surface area contributed by atoms with E-state index in [9.17, 15) is 5.11 Å². The fourth-order valence-electron chi connectivity index (χ4n) is 2.49. The van der Waals surface area contributed by atoms with Crippen molar-refractivity contribution in [1.82, 2.24) is 0 Å². The van der Waals surface area contributed by atoms with Crippen LogP contribution in [0.25, 0.3) is 0 Å². The molecular weight excluding hydrogens is 242 g/mol. The first-order chi connectivity index (χ1) is 9.26. The number of aliphatic hydroxyl groups excluding tert-OH is 1. The minimum atomic E-state index is -0.394. The molecule has 2 atom stereocenters. The molecule has 2 unspecified atom stereocenters. The average Bonchev–Trinajstić information content (AvgIpc) is 2.43. The summed E-state index contributed by atoms with van der Waals surface area (Å²) in [4.78, 5) is 0. The Balaban J connectivity index is 2.21. The molecule has 1 aliphatic carbocycles. The van der Waals surface area contributed by atoms with Crippen LogP contribution in [-0.4, -0.2) is 23.9 Å². The van der Waals surface area contributed by atoms with Gasteiger partial charge in [0.1, 0.15) is 6.10 Å². The largest absolute Gasteiger partial charge is 0.490 e. The first-order valence-corrected chi connectivity index (χ1v) is 7.05. The molecule has 3 N–H and O–H groups in total. The Morgan fingerprint density at radius 2 is 2.11 bits per heavy atom. The number of nitrogens with two attached hydrogens (primary N) is 1. The Morgan fingerprint density at radius 3 is 2.79 bits per heavy atom. The molecule has 0 radical (unpaired) electrons. The topological polar surface area (TPSA) is 64.7 Å². The van der Waals surface area contributed by atoms with Gasteiger partial charge in [-0.2, -0.15) is 0 Å². The molecule has 19 heavy (non-hydrogen) atoms. The van der Waals surface area contributed by atoms with Crippen LogP contribution in [0.5, 0.6) is 11.5 Å². The maximum Gasteiger partial charge on any atom is 0.166 e. The lowest BCUT2D eigenvalue weighted by molar-refractivity contribution is 0.00496. The van der Waals surface area contributed by atoms with E-state index in [1.54, 1.807) is 0 Å². The van der Waals surface area contributed by atoms with Crippen molar-refractivity contribution in [1.29, 1.82) is 0 Å². The SMILES string of the molecule is CCOc1cccc(CN)c1OC1CCCCC1O. The van der Waals surface area contributed by atoms with Crippen LogP contribution in [0.2, 0.25) is 0 Å². The Kier molecular flexibility index (Phi) is 5.05. The number of hydrogen-bond acceptors (Lipinski definition) is 4. The number of para-hydroxylation sites is 1. The van der Waals surface area contributed by atoms with Crippen molar-refractivity contribution >= 4 is 0 Å². The molecule has 0 spiro atoms. The highest BCUT2D eigenvalue weighted by Gasteiger charge is 2.26. The minimum absolute atomic E-state index is 0.152. The van der Waals surface area contributed by atoms with Crippen molar-refractivity contribution < 1.29 is 14.6 Å². The third kappa shape index (κ3) is 3.39. The number of rotatable bonds is 5. The van der Waals surface area contributed by atoms with Crippen LogP contribution >= 0.6 is 0 Å². The maximum atomic E-state index is 10.0. The van der Waals surface area contributed by atoms with Crippen LogP contribution in [0.1, 0.15) is 38.2 Å².